The van der Waals surface area contributed by atoms with E-state index in [0.717, 1.165) is 0 Å². The van der Waals surface area contributed by atoms with E-state index in [1.807, 2.05) is 0 Å². The number of aliphatic hydroxyl groups excluding tert-OH is 1. The Kier molecular flexibility index (Phi) is 4.99. The first-order valence-electron chi connectivity index (χ1n) is 8.43. The van der Waals surface area contributed by atoms with Crippen LogP contribution in [0.15, 0.2) is 0 Å². The van der Waals surface area contributed by atoms with E-state index < -0.39 is 69.9 Å². The number of carbonyl (C=O) groups excluding carboxylic acids is 2. The fourth-order valence-corrected chi connectivity index (χ4v) is 5.00. The third kappa shape index (κ3) is 3.28. The zero-order chi connectivity index (χ0) is 21.2. The van der Waals surface area contributed by atoms with Crippen LogP contribution >= 0.6 is 0 Å². The van der Waals surface area contributed by atoms with Gasteiger partial charge >= 0.3 is 27.3 Å². The lowest BCUT2D eigenvalue weighted by molar-refractivity contribution is -0.211. The summed E-state index contributed by atoms with van der Waals surface area (Å²) in [5.74, 6) is -3.50. The van der Waals surface area contributed by atoms with Gasteiger partial charge in [0, 0.05) is 11.8 Å². The van der Waals surface area contributed by atoms with Crippen LogP contribution in [0, 0.1) is 23.7 Å². The van der Waals surface area contributed by atoms with Crippen molar-refractivity contribution in [2.75, 3.05) is 6.61 Å². The smallest absolute Gasteiger partial charge is 0.430 e. The monoisotopic (exact) mass is 430 g/mol. The highest BCUT2D eigenvalue weighted by Crippen LogP contribution is 2.61. The van der Waals surface area contributed by atoms with Crippen molar-refractivity contribution in [2.45, 2.75) is 49.6 Å². The molecule has 3 N–H and O–H groups in total. The number of rotatable bonds is 7. The summed E-state index contributed by atoms with van der Waals surface area (Å²) in [5, 5.41) is 14.4. The van der Waals surface area contributed by atoms with E-state index in [0.29, 0.717) is 6.42 Å². The van der Waals surface area contributed by atoms with Crippen molar-refractivity contribution < 1.29 is 55.8 Å². The van der Waals surface area contributed by atoms with Crippen LogP contribution in [0.2, 0.25) is 0 Å². The fraction of sp³-hybridized carbons (Fsp3) is 0.867. The molecule has 7 atom stereocenters. The molecule has 3 aliphatic rings. The largest absolute Gasteiger partial charge is 0.459 e. The zero-order valence-corrected chi connectivity index (χ0v) is 15.6. The van der Waals surface area contributed by atoms with Crippen molar-refractivity contribution in [1.29, 1.82) is 0 Å². The molecule has 0 aromatic heterocycles. The number of aliphatic hydroxyl groups is 2. The summed E-state index contributed by atoms with van der Waals surface area (Å²) >= 11 is 0. The van der Waals surface area contributed by atoms with E-state index >= 15 is 0 Å². The normalized spacial score (nSPS) is 35.8. The predicted octanol–water partition coefficient (Wildman–Crippen LogP) is -0.708. The Hall–Kier alpha value is -1.41. The van der Waals surface area contributed by atoms with Crippen LogP contribution in [0.4, 0.5) is 8.78 Å². The molecule has 3 fully saturated rings. The molecular formula is C15H20F2O10S. The molecule has 1 saturated heterocycles. The molecule has 1 aliphatic heterocycles. The molecule has 0 aromatic carbocycles. The third-order valence-electron chi connectivity index (χ3n) is 5.63. The quantitative estimate of drug-likeness (QED) is 0.268. The lowest BCUT2D eigenvalue weighted by Gasteiger charge is -2.38. The van der Waals surface area contributed by atoms with Gasteiger partial charge in [0.05, 0.1) is 17.6 Å². The molecule has 2 aliphatic carbocycles. The van der Waals surface area contributed by atoms with Crippen LogP contribution in [0.1, 0.15) is 20.3 Å². The number of hydrogen-bond acceptors (Lipinski definition) is 9. The molecule has 2 saturated carbocycles. The summed E-state index contributed by atoms with van der Waals surface area (Å²) in [6.45, 7) is 2.14. The van der Waals surface area contributed by atoms with Gasteiger partial charge in [-0.2, -0.15) is 17.2 Å². The molecule has 160 valence electrons. The molecule has 0 aromatic rings. The van der Waals surface area contributed by atoms with Gasteiger partial charge < -0.3 is 24.4 Å². The number of halogens is 2. The van der Waals surface area contributed by atoms with E-state index in [4.69, 9.17) is 19.1 Å². The van der Waals surface area contributed by atoms with Gasteiger partial charge in [-0.15, -0.1) is 0 Å². The number of carbonyl (C=O) groups is 2. The summed E-state index contributed by atoms with van der Waals surface area (Å²) in [6.07, 6.45) is -4.37. The van der Waals surface area contributed by atoms with Crippen molar-refractivity contribution in [2.24, 2.45) is 23.7 Å². The molecule has 3 rings (SSSR count). The molecule has 7 unspecified atom stereocenters. The summed E-state index contributed by atoms with van der Waals surface area (Å²) in [4.78, 5) is 23.8. The van der Waals surface area contributed by atoms with Gasteiger partial charge in [0.1, 0.15) is 12.7 Å². The Morgan fingerprint density at radius 3 is 2.50 bits per heavy atom. The molecular weight excluding hydrogens is 410 g/mol. The van der Waals surface area contributed by atoms with Crippen molar-refractivity contribution in [3.8, 4) is 0 Å². The number of alkyl halides is 2. The maximum Gasteiger partial charge on any atom is 0.430 e. The van der Waals surface area contributed by atoms with Crippen molar-refractivity contribution in [3.63, 3.8) is 0 Å². The second-order valence-electron chi connectivity index (χ2n) is 7.82. The molecule has 1 heterocycles. The molecule has 13 heteroatoms. The standard InChI is InChI=1S/C15H20F2O10S/c1-14(2,21)9-6-3-5-8(9)12(19)27-11(5)10(6)25-4-7(18)26-13(20)15(16,17)28(22,23)24/h5-6,8-11,13,20-21H,3-4H2,1-2H3,(H,22,23,24). The van der Waals surface area contributed by atoms with Crippen LogP contribution in [0.5, 0.6) is 0 Å². The highest BCUT2D eigenvalue weighted by Gasteiger charge is 2.69. The maximum atomic E-state index is 13.2. The summed E-state index contributed by atoms with van der Waals surface area (Å²) < 4.78 is 70.4. The third-order valence-corrected chi connectivity index (χ3v) is 6.52. The van der Waals surface area contributed by atoms with Crippen LogP contribution in [-0.4, -0.2) is 71.1 Å². The van der Waals surface area contributed by atoms with Crippen LogP contribution in [0.3, 0.4) is 0 Å². The second kappa shape index (κ2) is 6.55. The topological polar surface area (TPSA) is 157 Å². The Morgan fingerprint density at radius 2 is 1.96 bits per heavy atom. The van der Waals surface area contributed by atoms with E-state index in [-0.39, 0.29) is 11.8 Å². The van der Waals surface area contributed by atoms with Crippen molar-refractivity contribution in [1.82, 2.24) is 0 Å². The molecule has 28 heavy (non-hydrogen) atoms. The number of fused-ring (bicyclic) bond motifs is 1. The average Bonchev–Trinajstić information content (AvgIpc) is 3.12. The number of esters is 2. The predicted molar refractivity (Wildman–Crippen MR) is 83.1 cm³/mol. The van der Waals surface area contributed by atoms with Crippen LogP contribution in [0.25, 0.3) is 0 Å². The first kappa shape index (κ1) is 21.3. The summed E-state index contributed by atoms with van der Waals surface area (Å²) in [6, 6.07) is 0. The van der Waals surface area contributed by atoms with Gasteiger partial charge in [-0.1, -0.05) is 0 Å². The Bertz CT molecular complexity index is 776. The lowest BCUT2D eigenvalue weighted by atomic mass is 9.71. The summed E-state index contributed by atoms with van der Waals surface area (Å²) in [7, 11) is -6.01. The number of ether oxygens (including phenoxy) is 3. The number of hydrogen-bond donors (Lipinski definition) is 3. The highest BCUT2D eigenvalue weighted by molar-refractivity contribution is 7.86. The first-order chi connectivity index (χ1) is 12.7. The molecule has 0 radical (unpaired) electrons. The molecule has 0 amide bonds. The van der Waals surface area contributed by atoms with Gasteiger partial charge in [-0.05, 0) is 26.2 Å². The van der Waals surface area contributed by atoms with E-state index in [2.05, 4.69) is 4.74 Å². The Morgan fingerprint density at radius 1 is 1.36 bits per heavy atom. The zero-order valence-electron chi connectivity index (χ0n) is 14.8. The molecule has 10 nitrogen and oxygen atoms in total. The highest BCUT2D eigenvalue weighted by atomic mass is 32.2. The minimum Gasteiger partial charge on any atom is -0.459 e. The van der Waals surface area contributed by atoms with Crippen LogP contribution < -0.4 is 0 Å². The second-order valence-corrected chi connectivity index (χ2v) is 9.32. The van der Waals surface area contributed by atoms with E-state index in [1.54, 1.807) is 0 Å². The Labute approximate surface area is 158 Å². The van der Waals surface area contributed by atoms with Crippen LogP contribution in [-0.2, 0) is 33.9 Å². The lowest BCUT2D eigenvalue weighted by Crippen LogP contribution is -2.48. The van der Waals surface area contributed by atoms with Crippen molar-refractivity contribution in [3.05, 3.63) is 0 Å². The minimum atomic E-state index is -6.01. The fourth-order valence-electron chi connectivity index (χ4n) is 4.69. The van der Waals surface area contributed by atoms with Crippen molar-refractivity contribution >= 4 is 22.1 Å². The molecule has 0 spiro atoms. The Balaban J connectivity index is 1.64. The van der Waals surface area contributed by atoms with Gasteiger partial charge in [-0.3, -0.25) is 9.35 Å². The van der Waals surface area contributed by atoms with Gasteiger partial charge in [0.25, 0.3) is 6.29 Å². The van der Waals surface area contributed by atoms with E-state index in [9.17, 15) is 31.9 Å². The van der Waals surface area contributed by atoms with E-state index in [1.165, 1.54) is 13.8 Å². The maximum absolute atomic E-state index is 13.2. The first-order valence-corrected chi connectivity index (χ1v) is 9.87. The minimum absolute atomic E-state index is 0.204. The average molecular weight is 430 g/mol. The summed E-state index contributed by atoms with van der Waals surface area (Å²) in [5.41, 5.74) is -1.23. The molecule has 2 bridgehead atoms. The van der Waals surface area contributed by atoms with Gasteiger partial charge in [0.2, 0.25) is 0 Å². The SMILES string of the molecule is CC(C)(O)C1C2CC3C(OC(=O)C31)C2OCC(=O)OC(O)C(F)(F)S(=O)(=O)O. The van der Waals surface area contributed by atoms with Gasteiger partial charge in [-0.25, -0.2) is 4.79 Å². The van der Waals surface area contributed by atoms with Gasteiger partial charge in [0.15, 0.2) is 0 Å².